The number of fused-ring (bicyclic) bond motifs is 4. The van der Waals surface area contributed by atoms with Gasteiger partial charge in [-0.1, -0.05) is 38.1 Å². The molecular formula is C20H25N3. The molecule has 3 heteroatoms. The molecule has 1 saturated heterocycles. The zero-order chi connectivity index (χ0) is 16.0. The molecule has 2 aromatic rings. The van der Waals surface area contributed by atoms with Crippen LogP contribution in [0.3, 0.4) is 0 Å². The summed E-state index contributed by atoms with van der Waals surface area (Å²) in [6, 6.07) is 10.3. The van der Waals surface area contributed by atoms with Crippen LogP contribution in [0.2, 0.25) is 0 Å². The lowest BCUT2D eigenvalue weighted by atomic mass is 9.97. The monoisotopic (exact) mass is 307 g/mol. The molecule has 1 fully saturated rings. The lowest BCUT2D eigenvalue weighted by Gasteiger charge is -2.35. The topological polar surface area (TPSA) is 29.0 Å². The summed E-state index contributed by atoms with van der Waals surface area (Å²) in [5.74, 6) is 1.50. The van der Waals surface area contributed by atoms with Gasteiger partial charge >= 0.3 is 0 Å². The smallest absolute Gasteiger partial charge is 0.125 e. The zero-order valence-electron chi connectivity index (χ0n) is 14.3. The highest BCUT2D eigenvalue weighted by Gasteiger charge is 2.40. The van der Waals surface area contributed by atoms with Gasteiger partial charge in [-0.05, 0) is 36.8 Å². The minimum Gasteiger partial charge on any atom is -0.289 e. The van der Waals surface area contributed by atoms with E-state index in [9.17, 15) is 0 Å². The van der Waals surface area contributed by atoms with Gasteiger partial charge in [0, 0.05) is 36.8 Å². The summed E-state index contributed by atoms with van der Waals surface area (Å²) in [6.07, 6.45) is 5.68. The second kappa shape index (κ2) is 5.72. The van der Waals surface area contributed by atoms with E-state index in [0.29, 0.717) is 18.0 Å². The second-order valence-corrected chi connectivity index (χ2v) is 7.34. The van der Waals surface area contributed by atoms with Crippen LogP contribution in [0, 0.1) is 6.92 Å². The summed E-state index contributed by atoms with van der Waals surface area (Å²) in [6.45, 7) is 7.53. The van der Waals surface area contributed by atoms with Crippen LogP contribution < -0.4 is 0 Å². The predicted molar refractivity (Wildman–Crippen MR) is 92.3 cm³/mol. The maximum atomic E-state index is 4.69. The molecule has 1 aromatic heterocycles. The third kappa shape index (κ3) is 2.67. The molecule has 23 heavy (non-hydrogen) atoms. The zero-order valence-corrected chi connectivity index (χ0v) is 14.3. The molecule has 0 unspecified atom stereocenters. The lowest BCUT2D eigenvalue weighted by Crippen LogP contribution is -2.37. The molecule has 0 radical (unpaired) electrons. The van der Waals surface area contributed by atoms with E-state index < -0.39 is 0 Å². The van der Waals surface area contributed by atoms with Gasteiger partial charge < -0.3 is 0 Å². The fourth-order valence-electron chi connectivity index (χ4n) is 4.14. The van der Waals surface area contributed by atoms with Crippen LogP contribution >= 0.6 is 0 Å². The van der Waals surface area contributed by atoms with Crippen LogP contribution in [0.15, 0.2) is 30.5 Å². The average molecular weight is 307 g/mol. The fourth-order valence-corrected chi connectivity index (χ4v) is 4.14. The van der Waals surface area contributed by atoms with E-state index in [4.69, 9.17) is 0 Å². The predicted octanol–water partition coefficient (Wildman–Crippen LogP) is 4.17. The van der Waals surface area contributed by atoms with Gasteiger partial charge in [0.15, 0.2) is 0 Å². The molecule has 0 aliphatic carbocycles. The first kappa shape index (κ1) is 14.8. The minimum atomic E-state index is 0.508. The Morgan fingerprint density at radius 2 is 1.96 bits per heavy atom. The highest BCUT2D eigenvalue weighted by atomic mass is 15.2. The van der Waals surface area contributed by atoms with Gasteiger partial charge in [-0.15, -0.1) is 0 Å². The van der Waals surface area contributed by atoms with Gasteiger partial charge in [0.1, 0.15) is 5.82 Å². The number of aryl methyl sites for hydroxylation is 1. The number of hydrogen-bond donors (Lipinski definition) is 0. The highest BCUT2D eigenvalue weighted by Crippen LogP contribution is 2.43. The van der Waals surface area contributed by atoms with E-state index >= 15 is 0 Å². The van der Waals surface area contributed by atoms with Crippen molar-refractivity contribution in [3.8, 4) is 0 Å². The molecule has 2 atom stereocenters. The summed E-state index contributed by atoms with van der Waals surface area (Å²) in [4.78, 5) is 11.8. The van der Waals surface area contributed by atoms with Crippen LogP contribution in [0.1, 0.15) is 66.9 Å². The first-order chi connectivity index (χ1) is 11.1. The number of hydrogen-bond acceptors (Lipinski definition) is 3. The van der Waals surface area contributed by atoms with Crippen molar-refractivity contribution in [2.24, 2.45) is 0 Å². The Labute approximate surface area is 138 Å². The normalized spacial score (nSPS) is 23.3. The molecule has 2 aliphatic rings. The van der Waals surface area contributed by atoms with E-state index in [2.05, 4.69) is 59.2 Å². The lowest BCUT2D eigenvalue weighted by molar-refractivity contribution is 0.166. The quantitative estimate of drug-likeness (QED) is 0.852. The van der Waals surface area contributed by atoms with Gasteiger partial charge in [-0.3, -0.25) is 4.90 Å². The highest BCUT2D eigenvalue weighted by molar-refractivity contribution is 5.30. The van der Waals surface area contributed by atoms with Crippen molar-refractivity contribution in [2.75, 3.05) is 0 Å². The average Bonchev–Trinajstić information content (AvgIpc) is 2.81. The third-order valence-electron chi connectivity index (χ3n) is 5.46. The molecule has 3 heterocycles. The number of rotatable bonds is 3. The van der Waals surface area contributed by atoms with Crippen LogP contribution in [-0.4, -0.2) is 20.9 Å². The summed E-state index contributed by atoms with van der Waals surface area (Å²) >= 11 is 0. The van der Waals surface area contributed by atoms with E-state index in [-0.39, 0.29) is 0 Å². The van der Waals surface area contributed by atoms with Crippen molar-refractivity contribution in [1.82, 2.24) is 14.9 Å². The van der Waals surface area contributed by atoms with Crippen LogP contribution in [0.5, 0.6) is 0 Å². The van der Waals surface area contributed by atoms with E-state index in [1.165, 1.54) is 35.2 Å². The first-order valence-electron chi connectivity index (χ1n) is 8.79. The largest absolute Gasteiger partial charge is 0.289 e. The Balaban J connectivity index is 1.57. The maximum absolute atomic E-state index is 4.69. The van der Waals surface area contributed by atoms with Crippen molar-refractivity contribution < 1.29 is 0 Å². The molecule has 2 aliphatic heterocycles. The second-order valence-electron chi connectivity index (χ2n) is 7.34. The number of nitrogens with zero attached hydrogens (tertiary/aromatic N) is 3. The van der Waals surface area contributed by atoms with Crippen molar-refractivity contribution in [3.05, 3.63) is 58.7 Å². The SMILES string of the molecule is Cc1ncc2c(n1)C[C@H]1CC[C@@H]2N1Cc1ccc(C(C)C)cc1. The van der Waals surface area contributed by atoms with E-state index in [0.717, 1.165) is 18.8 Å². The summed E-state index contributed by atoms with van der Waals surface area (Å²) < 4.78 is 0. The maximum Gasteiger partial charge on any atom is 0.125 e. The molecule has 0 amide bonds. The Morgan fingerprint density at radius 3 is 2.70 bits per heavy atom. The number of aromatic nitrogens is 2. The van der Waals surface area contributed by atoms with Crippen LogP contribution in [0.4, 0.5) is 0 Å². The van der Waals surface area contributed by atoms with E-state index in [1.807, 2.05) is 6.92 Å². The summed E-state index contributed by atoms with van der Waals surface area (Å²) in [5.41, 5.74) is 5.49. The van der Waals surface area contributed by atoms with Gasteiger partial charge in [0.25, 0.3) is 0 Å². The molecule has 0 saturated carbocycles. The summed E-state index contributed by atoms with van der Waals surface area (Å²) in [5, 5.41) is 0. The molecule has 120 valence electrons. The Bertz CT molecular complexity index is 705. The Hall–Kier alpha value is -1.74. The third-order valence-corrected chi connectivity index (χ3v) is 5.46. The Morgan fingerprint density at radius 1 is 1.17 bits per heavy atom. The molecule has 1 aromatic carbocycles. The molecule has 0 N–H and O–H groups in total. The van der Waals surface area contributed by atoms with Gasteiger partial charge in [-0.2, -0.15) is 0 Å². The molecule has 2 bridgehead atoms. The fraction of sp³-hybridized carbons (Fsp3) is 0.500. The molecule has 4 rings (SSSR count). The minimum absolute atomic E-state index is 0.508. The molecular weight excluding hydrogens is 282 g/mol. The van der Waals surface area contributed by atoms with Crippen LogP contribution in [0.25, 0.3) is 0 Å². The van der Waals surface area contributed by atoms with Crippen molar-refractivity contribution in [2.45, 2.75) is 64.6 Å². The van der Waals surface area contributed by atoms with Gasteiger partial charge in [-0.25, -0.2) is 9.97 Å². The van der Waals surface area contributed by atoms with Gasteiger partial charge in [0.2, 0.25) is 0 Å². The Kier molecular flexibility index (Phi) is 3.68. The summed E-state index contributed by atoms with van der Waals surface area (Å²) in [7, 11) is 0. The standard InChI is InChI=1S/C20H25N3/c1-13(2)16-6-4-15(5-7-16)12-23-17-8-9-20(23)18-11-21-14(3)22-19(18)10-17/h4-7,11,13,17,20H,8-10,12H2,1-3H3/t17-,20+/m1/s1. The van der Waals surface area contributed by atoms with Crippen molar-refractivity contribution >= 4 is 0 Å². The molecule has 0 spiro atoms. The van der Waals surface area contributed by atoms with Crippen LogP contribution in [-0.2, 0) is 13.0 Å². The van der Waals surface area contributed by atoms with Gasteiger partial charge in [0.05, 0.1) is 5.69 Å². The number of benzene rings is 1. The van der Waals surface area contributed by atoms with Crippen molar-refractivity contribution in [3.63, 3.8) is 0 Å². The van der Waals surface area contributed by atoms with Crippen molar-refractivity contribution in [1.29, 1.82) is 0 Å². The first-order valence-corrected chi connectivity index (χ1v) is 8.79. The molecule has 3 nitrogen and oxygen atoms in total. The van der Waals surface area contributed by atoms with E-state index in [1.54, 1.807) is 0 Å².